The minimum absolute atomic E-state index is 0.0501. The van der Waals surface area contributed by atoms with E-state index in [2.05, 4.69) is 4.98 Å². The Morgan fingerprint density at radius 3 is 2.29 bits per heavy atom. The van der Waals surface area contributed by atoms with Gasteiger partial charge in [-0.05, 0) is 6.42 Å². The van der Waals surface area contributed by atoms with Gasteiger partial charge in [-0.3, -0.25) is 23.9 Å². The minimum Gasteiger partial charge on any atom is -0.394 e. The van der Waals surface area contributed by atoms with Crippen molar-refractivity contribution in [1.29, 1.82) is 0 Å². The van der Waals surface area contributed by atoms with Gasteiger partial charge in [0.15, 0.2) is 5.52 Å². The largest absolute Gasteiger partial charge is 0.394 e. The van der Waals surface area contributed by atoms with Gasteiger partial charge in [0.1, 0.15) is 24.0 Å². The van der Waals surface area contributed by atoms with E-state index >= 15 is 0 Å². The van der Waals surface area contributed by atoms with E-state index < -0.39 is 48.4 Å². The number of aromatic nitrogens is 4. The molecule has 134 valence electrons. The van der Waals surface area contributed by atoms with Crippen LogP contribution in [0.1, 0.15) is 13.3 Å². The molecule has 0 aromatic carbocycles. The lowest BCUT2D eigenvalue weighted by Crippen LogP contribution is -2.43. The second-order valence-electron chi connectivity index (χ2n) is 5.46. The summed E-state index contributed by atoms with van der Waals surface area (Å²) in [6.45, 7) is 0.756. The summed E-state index contributed by atoms with van der Waals surface area (Å²) in [6.07, 6.45) is -4.36. The van der Waals surface area contributed by atoms with Crippen molar-refractivity contribution in [3.05, 3.63) is 31.3 Å². The Kier molecular flexibility index (Phi) is 5.39. The number of aryl methyl sites for hydroxylation is 1. The Balaban J connectivity index is 2.58. The molecule has 2 aromatic rings. The third-order valence-corrected chi connectivity index (χ3v) is 3.69. The predicted molar refractivity (Wildman–Crippen MR) is 82.8 cm³/mol. The van der Waals surface area contributed by atoms with Crippen molar-refractivity contribution in [2.45, 2.75) is 44.7 Å². The first-order valence-corrected chi connectivity index (χ1v) is 7.42. The van der Waals surface area contributed by atoms with Crippen molar-refractivity contribution in [3.63, 3.8) is 0 Å². The zero-order valence-electron chi connectivity index (χ0n) is 13.0. The van der Waals surface area contributed by atoms with Crippen LogP contribution in [0, 0.1) is 0 Å². The summed E-state index contributed by atoms with van der Waals surface area (Å²) in [7, 11) is 0. The molecule has 0 spiro atoms. The molecule has 11 heteroatoms. The second kappa shape index (κ2) is 7.13. The number of nitrogens with zero attached hydrogens (tertiary/aromatic N) is 2. The summed E-state index contributed by atoms with van der Waals surface area (Å²) in [6, 6.07) is 0. The molecule has 0 aliphatic heterocycles. The molecule has 0 bridgehead atoms. The smallest absolute Gasteiger partial charge is 0.330 e. The average Bonchev–Trinajstić information content (AvgIpc) is 2.79. The van der Waals surface area contributed by atoms with E-state index in [9.17, 15) is 29.7 Å². The van der Waals surface area contributed by atoms with E-state index in [0.717, 1.165) is 9.13 Å². The Hall–Kier alpha value is -2.21. The van der Waals surface area contributed by atoms with Crippen molar-refractivity contribution < 1.29 is 20.4 Å². The van der Waals surface area contributed by atoms with E-state index in [4.69, 9.17) is 5.11 Å². The Labute approximate surface area is 134 Å². The van der Waals surface area contributed by atoms with Crippen molar-refractivity contribution in [3.8, 4) is 0 Å². The van der Waals surface area contributed by atoms with Crippen molar-refractivity contribution in [2.75, 3.05) is 6.61 Å². The first-order chi connectivity index (χ1) is 11.3. The van der Waals surface area contributed by atoms with Crippen LogP contribution < -0.4 is 16.9 Å². The fourth-order valence-electron chi connectivity index (χ4n) is 2.51. The number of imidazole rings is 1. The summed E-state index contributed by atoms with van der Waals surface area (Å²) in [4.78, 5) is 40.3. The molecule has 11 nitrogen and oxygen atoms in total. The summed E-state index contributed by atoms with van der Waals surface area (Å²) >= 11 is 0. The molecule has 0 fully saturated rings. The molecule has 0 aliphatic carbocycles. The van der Waals surface area contributed by atoms with Crippen molar-refractivity contribution >= 4 is 11.2 Å². The molecule has 2 rings (SSSR count). The van der Waals surface area contributed by atoms with Gasteiger partial charge >= 0.3 is 11.4 Å². The van der Waals surface area contributed by atoms with Crippen LogP contribution in [0.15, 0.2) is 14.4 Å². The van der Waals surface area contributed by atoms with Gasteiger partial charge in [-0.1, -0.05) is 6.92 Å². The van der Waals surface area contributed by atoms with Gasteiger partial charge in [0.2, 0.25) is 0 Å². The van der Waals surface area contributed by atoms with Crippen LogP contribution in [-0.4, -0.2) is 64.4 Å². The number of aromatic amines is 2. The number of aliphatic hydroxyl groups excluding tert-OH is 4. The van der Waals surface area contributed by atoms with Gasteiger partial charge in [-0.25, -0.2) is 9.59 Å². The van der Waals surface area contributed by atoms with E-state index in [1.807, 2.05) is 4.98 Å². The molecule has 0 saturated carbocycles. The van der Waals surface area contributed by atoms with Crippen molar-refractivity contribution in [1.82, 2.24) is 19.1 Å². The molecule has 0 saturated heterocycles. The summed E-state index contributed by atoms with van der Waals surface area (Å²) < 4.78 is 2.10. The molecule has 0 amide bonds. The van der Waals surface area contributed by atoms with Crippen LogP contribution in [0.5, 0.6) is 0 Å². The Morgan fingerprint density at radius 1 is 1.04 bits per heavy atom. The van der Waals surface area contributed by atoms with Gasteiger partial charge in [-0.2, -0.15) is 0 Å². The highest BCUT2D eigenvalue weighted by atomic mass is 16.4. The van der Waals surface area contributed by atoms with E-state index in [-0.39, 0.29) is 17.7 Å². The standard InChI is InChI=1S/C13H20N4O7/c1-2-3-16-8-10(14-12(23)15-11(8)22)17(13(16)24)4-6(19)9(21)7(20)5-18/h6-7,9,18-21H,2-5H2,1H3,(H2,14,15,22,23)/t6-,7+,9+/m0/s1. The van der Waals surface area contributed by atoms with Crippen LogP contribution in [0.4, 0.5) is 0 Å². The zero-order valence-corrected chi connectivity index (χ0v) is 13.0. The van der Waals surface area contributed by atoms with Crippen LogP contribution >= 0.6 is 0 Å². The Bertz CT molecular complexity index is 877. The molecule has 0 radical (unpaired) electrons. The number of hydrogen-bond donors (Lipinski definition) is 6. The molecular formula is C13H20N4O7. The van der Waals surface area contributed by atoms with Crippen LogP contribution in [-0.2, 0) is 13.1 Å². The predicted octanol–water partition coefficient (Wildman–Crippen LogP) is -3.34. The summed E-state index contributed by atoms with van der Waals surface area (Å²) in [5, 5.41) is 37.9. The maximum Gasteiger partial charge on any atom is 0.330 e. The molecule has 6 N–H and O–H groups in total. The van der Waals surface area contributed by atoms with Gasteiger partial charge in [0, 0.05) is 6.54 Å². The lowest BCUT2D eigenvalue weighted by atomic mass is 10.1. The molecule has 0 aliphatic rings. The molecular weight excluding hydrogens is 324 g/mol. The SMILES string of the molecule is CCCn1c(=O)n(C[C@H](O)[C@@H](O)[C@H](O)CO)c2[nH]c(=O)[nH]c(=O)c21. The number of H-pyrrole nitrogens is 2. The van der Waals surface area contributed by atoms with Crippen LogP contribution in [0.25, 0.3) is 11.2 Å². The van der Waals surface area contributed by atoms with Crippen molar-refractivity contribution in [2.24, 2.45) is 0 Å². The minimum atomic E-state index is -1.71. The summed E-state index contributed by atoms with van der Waals surface area (Å²) in [5.74, 6) is 0. The lowest BCUT2D eigenvalue weighted by molar-refractivity contribution is -0.0806. The third-order valence-electron chi connectivity index (χ3n) is 3.69. The molecule has 24 heavy (non-hydrogen) atoms. The highest BCUT2D eigenvalue weighted by Gasteiger charge is 2.27. The average molecular weight is 344 g/mol. The molecule has 2 aromatic heterocycles. The maximum atomic E-state index is 12.5. The fraction of sp³-hybridized carbons (Fsp3) is 0.615. The number of rotatable bonds is 7. The van der Waals surface area contributed by atoms with Gasteiger partial charge < -0.3 is 20.4 Å². The highest BCUT2D eigenvalue weighted by molar-refractivity contribution is 5.69. The third kappa shape index (κ3) is 3.19. The monoisotopic (exact) mass is 344 g/mol. The zero-order chi connectivity index (χ0) is 18.0. The van der Waals surface area contributed by atoms with Gasteiger partial charge in [-0.15, -0.1) is 0 Å². The normalized spacial score (nSPS) is 15.5. The first kappa shape index (κ1) is 18.1. The lowest BCUT2D eigenvalue weighted by Gasteiger charge is -2.21. The quantitative estimate of drug-likeness (QED) is 0.304. The number of aliphatic hydroxyl groups is 4. The summed E-state index contributed by atoms with van der Waals surface area (Å²) in [5.41, 5.74) is -2.36. The topological polar surface area (TPSA) is 174 Å². The first-order valence-electron chi connectivity index (χ1n) is 7.42. The number of fused-ring (bicyclic) bond motifs is 1. The Morgan fingerprint density at radius 2 is 1.71 bits per heavy atom. The van der Waals surface area contributed by atoms with E-state index in [0.29, 0.717) is 6.42 Å². The van der Waals surface area contributed by atoms with Crippen LogP contribution in [0.3, 0.4) is 0 Å². The molecule has 2 heterocycles. The van der Waals surface area contributed by atoms with E-state index in [1.165, 1.54) is 0 Å². The number of nitrogens with one attached hydrogen (secondary N) is 2. The molecule has 0 unspecified atom stereocenters. The van der Waals surface area contributed by atoms with Gasteiger partial charge in [0.25, 0.3) is 5.56 Å². The van der Waals surface area contributed by atoms with Crippen LogP contribution in [0.2, 0.25) is 0 Å². The number of hydrogen-bond acceptors (Lipinski definition) is 7. The fourth-order valence-corrected chi connectivity index (χ4v) is 2.51. The molecule has 3 atom stereocenters. The maximum absolute atomic E-state index is 12.5. The van der Waals surface area contributed by atoms with E-state index in [1.54, 1.807) is 6.92 Å². The highest BCUT2D eigenvalue weighted by Crippen LogP contribution is 2.08. The second-order valence-corrected chi connectivity index (χ2v) is 5.46. The van der Waals surface area contributed by atoms with Gasteiger partial charge in [0.05, 0.1) is 13.2 Å².